The average molecular weight is 497 g/mol. The van der Waals surface area contributed by atoms with Gasteiger partial charge in [0.05, 0.1) is 0 Å². The number of nitrogens with two attached hydrogens (primary N) is 2. The van der Waals surface area contributed by atoms with Gasteiger partial charge >= 0.3 is 0 Å². The molecule has 4 N–H and O–H groups in total. The molecular formula is C34H28N2O2. The van der Waals surface area contributed by atoms with E-state index in [2.05, 4.69) is 48.5 Å². The van der Waals surface area contributed by atoms with Crippen LogP contribution < -0.4 is 11.5 Å². The SMILES string of the molecule is NC1(c2ccc(C3(N)OC(c4ccccc4)c4ccccc43)cc2)OC(c2ccccc2)c2ccccc21. The van der Waals surface area contributed by atoms with Crippen LogP contribution in [-0.4, -0.2) is 0 Å². The second-order valence-electron chi connectivity index (χ2n) is 10.0. The second kappa shape index (κ2) is 8.76. The van der Waals surface area contributed by atoms with Crippen LogP contribution in [0.1, 0.15) is 56.7 Å². The van der Waals surface area contributed by atoms with Gasteiger partial charge in [-0.2, -0.15) is 0 Å². The van der Waals surface area contributed by atoms with Gasteiger partial charge in [0.15, 0.2) is 11.4 Å². The first kappa shape index (κ1) is 23.1. The molecule has 2 heterocycles. The molecule has 0 aromatic heterocycles. The van der Waals surface area contributed by atoms with Gasteiger partial charge in [0.2, 0.25) is 0 Å². The predicted octanol–water partition coefficient (Wildman–Crippen LogP) is 6.25. The van der Waals surface area contributed by atoms with Gasteiger partial charge < -0.3 is 9.47 Å². The fourth-order valence-corrected chi connectivity index (χ4v) is 5.92. The summed E-state index contributed by atoms with van der Waals surface area (Å²) in [5.41, 5.74) is 19.9. The number of rotatable bonds is 4. The Morgan fingerprint density at radius 1 is 0.421 bits per heavy atom. The summed E-state index contributed by atoms with van der Waals surface area (Å²) in [5.74, 6) is 0. The van der Waals surface area contributed by atoms with Gasteiger partial charge in [0.25, 0.3) is 0 Å². The molecule has 2 aliphatic rings. The van der Waals surface area contributed by atoms with Gasteiger partial charge in [0, 0.05) is 22.3 Å². The van der Waals surface area contributed by atoms with E-state index in [1.807, 2.05) is 84.9 Å². The van der Waals surface area contributed by atoms with E-state index in [-0.39, 0.29) is 12.2 Å². The molecule has 0 amide bonds. The highest BCUT2D eigenvalue weighted by molar-refractivity contribution is 5.51. The maximum Gasteiger partial charge on any atom is 0.170 e. The minimum absolute atomic E-state index is 0.241. The molecule has 0 aliphatic carbocycles. The van der Waals surface area contributed by atoms with Crippen molar-refractivity contribution >= 4 is 0 Å². The van der Waals surface area contributed by atoms with Crippen molar-refractivity contribution in [1.82, 2.24) is 0 Å². The van der Waals surface area contributed by atoms with Crippen LogP contribution in [-0.2, 0) is 20.9 Å². The smallest absolute Gasteiger partial charge is 0.170 e. The van der Waals surface area contributed by atoms with E-state index in [4.69, 9.17) is 20.9 Å². The van der Waals surface area contributed by atoms with Crippen molar-refractivity contribution in [1.29, 1.82) is 0 Å². The van der Waals surface area contributed by atoms with E-state index in [0.717, 1.165) is 44.5 Å². The van der Waals surface area contributed by atoms with E-state index in [1.54, 1.807) is 0 Å². The zero-order chi connectivity index (χ0) is 25.7. The summed E-state index contributed by atoms with van der Waals surface area (Å²) in [5, 5.41) is 0. The van der Waals surface area contributed by atoms with Crippen LogP contribution in [0.3, 0.4) is 0 Å². The Bertz CT molecular complexity index is 1480. The lowest BCUT2D eigenvalue weighted by Crippen LogP contribution is -2.39. The van der Waals surface area contributed by atoms with Crippen LogP contribution in [0.15, 0.2) is 133 Å². The molecule has 7 rings (SSSR count). The van der Waals surface area contributed by atoms with Crippen LogP contribution in [0.4, 0.5) is 0 Å². The number of hydrogen-bond donors (Lipinski definition) is 2. The van der Waals surface area contributed by atoms with Gasteiger partial charge in [0.1, 0.15) is 12.2 Å². The molecule has 4 nitrogen and oxygen atoms in total. The minimum atomic E-state index is -1.08. The lowest BCUT2D eigenvalue weighted by atomic mass is 9.88. The lowest BCUT2D eigenvalue weighted by Gasteiger charge is -2.29. The van der Waals surface area contributed by atoms with Crippen molar-refractivity contribution in [2.45, 2.75) is 23.7 Å². The molecule has 2 aliphatic heterocycles. The van der Waals surface area contributed by atoms with E-state index >= 15 is 0 Å². The fraction of sp³-hybridized carbons (Fsp3) is 0.118. The molecule has 0 saturated heterocycles. The summed E-state index contributed by atoms with van der Waals surface area (Å²) >= 11 is 0. The third-order valence-electron chi connectivity index (χ3n) is 7.84. The highest BCUT2D eigenvalue weighted by Crippen LogP contribution is 2.49. The summed E-state index contributed by atoms with van der Waals surface area (Å²) in [6.45, 7) is 0. The molecule has 0 bridgehead atoms. The Balaban J connectivity index is 1.26. The van der Waals surface area contributed by atoms with E-state index in [0.29, 0.717) is 0 Å². The van der Waals surface area contributed by atoms with Crippen molar-refractivity contribution in [3.63, 3.8) is 0 Å². The van der Waals surface area contributed by atoms with Crippen molar-refractivity contribution < 1.29 is 9.47 Å². The van der Waals surface area contributed by atoms with Crippen LogP contribution in [0.25, 0.3) is 0 Å². The fourth-order valence-electron chi connectivity index (χ4n) is 5.92. The average Bonchev–Trinajstić information content (AvgIpc) is 3.47. The molecule has 0 radical (unpaired) electrons. The van der Waals surface area contributed by atoms with Gasteiger partial charge in [-0.25, -0.2) is 0 Å². The maximum absolute atomic E-state index is 7.05. The lowest BCUT2D eigenvalue weighted by molar-refractivity contribution is -0.0294. The van der Waals surface area contributed by atoms with Crippen LogP contribution in [0.2, 0.25) is 0 Å². The molecule has 0 fully saturated rings. The summed E-state index contributed by atoms with van der Waals surface area (Å²) in [6, 6.07) is 44.8. The standard InChI is InChI=1S/C34H28N2O2/c35-33(29-17-9-7-15-27(29)31(37-33)23-11-3-1-4-12-23)25-19-21-26(22-20-25)34(36)30-18-10-8-16-28(30)32(38-34)24-13-5-2-6-14-24/h1-22,31-32H,35-36H2. The highest BCUT2D eigenvalue weighted by Gasteiger charge is 2.46. The third kappa shape index (κ3) is 3.46. The zero-order valence-electron chi connectivity index (χ0n) is 20.8. The van der Waals surface area contributed by atoms with Crippen LogP contribution in [0.5, 0.6) is 0 Å². The monoisotopic (exact) mass is 496 g/mol. The largest absolute Gasteiger partial charge is 0.340 e. The van der Waals surface area contributed by atoms with Gasteiger partial charge in [-0.05, 0) is 22.3 Å². The molecule has 186 valence electrons. The third-order valence-corrected chi connectivity index (χ3v) is 7.84. The Morgan fingerprint density at radius 3 is 1.16 bits per heavy atom. The minimum Gasteiger partial charge on any atom is -0.340 e. The van der Waals surface area contributed by atoms with E-state index in [1.165, 1.54) is 0 Å². The topological polar surface area (TPSA) is 70.5 Å². The van der Waals surface area contributed by atoms with Crippen molar-refractivity contribution in [2.75, 3.05) is 0 Å². The quantitative estimate of drug-likeness (QED) is 0.309. The van der Waals surface area contributed by atoms with Crippen molar-refractivity contribution in [3.05, 3.63) is 178 Å². The molecule has 4 atom stereocenters. The molecule has 5 aromatic rings. The Kier molecular flexibility index (Phi) is 5.32. The molecule has 4 heteroatoms. The maximum atomic E-state index is 7.05. The highest BCUT2D eigenvalue weighted by atomic mass is 16.5. The number of benzene rings is 5. The van der Waals surface area contributed by atoms with Gasteiger partial charge in [-0.15, -0.1) is 0 Å². The van der Waals surface area contributed by atoms with Crippen molar-refractivity contribution in [2.24, 2.45) is 11.5 Å². The molecule has 0 spiro atoms. The number of fused-ring (bicyclic) bond motifs is 2. The van der Waals surface area contributed by atoms with E-state index in [9.17, 15) is 0 Å². The van der Waals surface area contributed by atoms with Gasteiger partial charge in [-0.3, -0.25) is 11.5 Å². The normalized spacial score (nSPS) is 25.6. The summed E-state index contributed by atoms with van der Waals surface area (Å²) in [4.78, 5) is 0. The summed E-state index contributed by atoms with van der Waals surface area (Å²) in [6.07, 6.45) is -0.482. The molecule has 0 saturated carbocycles. The molecule has 38 heavy (non-hydrogen) atoms. The summed E-state index contributed by atoms with van der Waals surface area (Å²) < 4.78 is 13.3. The summed E-state index contributed by atoms with van der Waals surface area (Å²) in [7, 11) is 0. The van der Waals surface area contributed by atoms with Crippen molar-refractivity contribution in [3.8, 4) is 0 Å². The first-order valence-electron chi connectivity index (χ1n) is 12.9. The molecule has 5 aromatic carbocycles. The Morgan fingerprint density at radius 2 is 0.763 bits per heavy atom. The number of ether oxygens (including phenoxy) is 2. The second-order valence-corrected chi connectivity index (χ2v) is 10.0. The van der Waals surface area contributed by atoms with Crippen LogP contribution >= 0.6 is 0 Å². The molecular weight excluding hydrogens is 468 g/mol. The Hall–Kier alpha value is -4.06. The van der Waals surface area contributed by atoms with E-state index < -0.39 is 11.4 Å². The molecule has 4 unspecified atom stereocenters. The Labute approximate surface area is 222 Å². The first-order valence-corrected chi connectivity index (χ1v) is 12.9. The van der Waals surface area contributed by atoms with Gasteiger partial charge in [-0.1, -0.05) is 133 Å². The predicted molar refractivity (Wildman–Crippen MR) is 148 cm³/mol. The van der Waals surface area contributed by atoms with Crippen LogP contribution in [0, 0.1) is 0 Å². The first-order chi connectivity index (χ1) is 18.6. The zero-order valence-corrected chi connectivity index (χ0v) is 20.8. The number of hydrogen-bond acceptors (Lipinski definition) is 4.